The molecule has 1 aliphatic carbocycles. The third-order valence-corrected chi connectivity index (χ3v) is 5.84. The van der Waals surface area contributed by atoms with Crippen LogP contribution in [0.4, 0.5) is 4.39 Å². The number of aliphatic imine (C=N–C) groups is 1. The molecule has 1 aromatic carbocycles. The van der Waals surface area contributed by atoms with Crippen molar-refractivity contribution in [3.05, 3.63) is 53.6 Å². The van der Waals surface area contributed by atoms with E-state index in [9.17, 15) is 4.39 Å². The SMILES string of the molecule is CCNC(=NCC1(c2cccc(F)c2)CC1)N1CCC(c2cnn(C)c2)C1. The zero-order valence-corrected chi connectivity index (χ0v) is 16.2. The van der Waals surface area contributed by atoms with E-state index in [0.717, 1.165) is 50.4 Å². The van der Waals surface area contributed by atoms with Gasteiger partial charge >= 0.3 is 0 Å². The van der Waals surface area contributed by atoms with E-state index < -0.39 is 0 Å². The van der Waals surface area contributed by atoms with E-state index in [1.807, 2.05) is 24.0 Å². The van der Waals surface area contributed by atoms with Crippen molar-refractivity contribution < 1.29 is 4.39 Å². The Bertz CT molecular complexity index is 823. The normalized spacial score (nSPS) is 21.5. The van der Waals surface area contributed by atoms with Crippen LogP contribution >= 0.6 is 0 Å². The second kappa shape index (κ2) is 7.33. The van der Waals surface area contributed by atoms with Crippen molar-refractivity contribution in [2.24, 2.45) is 12.0 Å². The molecule has 1 saturated carbocycles. The van der Waals surface area contributed by atoms with Crippen LogP contribution in [0.5, 0.6) is 0 Å². The van der Waals surface area contributed by atoms with Crippen LogP contribution in [0.3, 0.4) is 0 Å². The maximum absolute atomic E-state index is 13.6. The highest BCUT2D eigenvalue weighted by atomic mass is 19.1. The van der Waals surface area contributed by atoms with Gasteiger partial charge in [0.2, 0.25) is 0 Å². The van der Waals surface area contributed by atoms with Crippen LogP contribution in [0.1, 0.15) is 43.2 Å². The summed E-state index contributed by atoms with van der Waals surface area (Å²) >= 11 is 0. The summed E-state index contributed by atoms with van der Waals surface area (Å²) in [4.78, 5) is 7.31. The monoisotopic (exact) mass is 369 g/mol. The highest BCUT2D eigenvalue weighted by Gasteiger charge is 2.44. The van der Waals surface area contributed by atoms with Gasteiger partial charge in [-0.25, -0.2) is 4.39 Å². The molecule has 144 valence electrons. The lowest BCUT2D eigenvalue weighted by atomic mass is 9.96. The molecule has 2 heterocycles. The number of benzene rings is 1. The molecule has 1 aromatic heterocycles. The number of aromatic nitrogens is 2. The number of hydrogen-bond acceptors (Lipinski definition) is 2. The molecule has 1 saturated heterocycles. The number of hydrogen-bond donors (Lipinski definition) is 1. The maximum Gasteiger partial charge on any atom is 0.193 e. The van der Waals surface area contributed by atoms with Gasteiger partial charge in [-0.05, 0) is 49.4 Å². The van der Waals surface area contributed by atoms with Gasteiger partial charge in [0.1, 0.15) is 5.82 Å². The van der Waals surface area contributed by atoms with E-state index in [-0.39, 0.29) is 11.2 Å². The number of nitrogens with one attached hydrogen (secondary N) is 1. The third kappa shape index (κ3) is 3.84. The highest BCUT2D eigenvalue weighted by molar-refractivity contribution is 5.80. The first-order chi connectivity index (χ1) is 13.1. The zero-order valence-electron chi connectivity index (χ0n) is 16.2. The van der Waals surface area contributed by atoms with Crippen molar-refractivity contribution in [1.29, 1.82) is 0 Å². The molecule has 0 spiro atoms. The van der Waals surface area contributed by atoms with Gasteiger partial charge in [0.15, 0.2) is 5.96 Å². The lowest BCUT2D eigenvalue weighted by molar-refractivity contribution is 0.483. The number of halogens is 1. The number of guanidine groups is 1. The maximum atomic E-state index is 13.6. The third-order valence-electron chi connectivity index (χ3n) is 5.84. The van der Waals surface area contributed by atoms with Crippen LogP contribution < -0.4 is 5.32 Å². The minimum absolute atomic E-state index is 0.0191. The summed E-state index contributed by atoms with van der Waals surface area (Å²) in [5, 5.41) is 7.75. The molecule has 5 nitrogen and oxygen atoms in total. The Morgan fingerprint density at radius 2 is 2.26 bits per heavy atom. The molecule has 1 N–H and O–H groups in total. The number of likely N-dealkylation sites (tertiary alicyclic amines) is 1. The van der Waals surface area contributed by atoms with Crippen LogP contribution in [-0.4, -0.2) is 46.8 Å². The average Bonchev–Trinajstić information content (AvgIpc) is 3.07. The summed E-state index contributed by atoms with van der Waals surface area (Å²) in [6.45, 7) is 5.62. The highest BCUT2D eigenvalue weighted by Crippen LogP contribution is 2.48. The van der Waals surface area contributed by atoms with Crippen LogP contribution in [0.15, 0.2) is 41.7 Å². The molecule has 27 heavy (non-hydrogen) atoms. The predicted octanol–water partition coefficient (Wildman–Crippen LogP) is 3.05. The van der Waals surface area contributed by atoms with Crippen LogP contribution in [0, 0.1) is 5.82 Å². The first kappa shape index (κ1) is 18.0. The van der Waals surface area contributed by atoms with Gasteiger partial charge in [-0.15, -0.1) is 0 Å². The van der Waals surface area contributed by atoms with E-state index >= 15 is 0 Å². The summed E-state index contributed by atoms with van der Waals surface area (Å²) < 4.78 is 15.5. The molecule has 1 atom stereocenters. The number of nitrogens with zero attached hydrogens (tertiary/aromatic N) is 4. The largest absolute Gasteiger partial charge is 0.357 e. The quantitative estimate of drug-likeness (QED) is 0.651. The fourth-order valence-electron chi connectivity index (χ4n) is 4.04. The van der Waals surface area contributed by atoms with Crippen molar-refractivity contribution in [1.82, 2.24) is 20.0 Å². The summed E-state index contributed by atoms with van der Waals surface area (Å²) in [5.41, 5.74) is 2.40. The Morgan fingerprint density at radius 3 is 2.93 bits per heavy atom. The van der Waals surface area contributed by atoms with Crippen molar-refractivity contribution >= 4 is 5.96 Å². The molecule has 2 aromatic rings. The van der Waals surface area contributed by atoms with E-state index in [4.69, 9.17) is 4.99 Å². The zero-order chi connectivity index (χ0) is 18.9. The van der Waals surface area contributed by atoms with Crippen LogP contribution in [0.2, 0.25) is 0 Å². The first-order valence-corrected chi connectivity index (χ1v) is 9.87. The minimum atomic E-state index is -0.159. The van der Waals surface area contributed by atoms with E-state index in [2.05, 4.69) is 28.4 Å². The summed E-state index contributed by atoms with van der Waals surface area (Å²) in [5.74, 6) is 1.32. The summed E-state index contributed by atoms with van der Waals surface area (Å²) in [6.07, 6.45) is 7.36. The van der Waals surface area contributed by atoms with Gasteiger partial charge in [0, 0.05) is 44.2 Å². The molecular weight excluding hydrogens is 341 g/mol. The van der Waals surface area contributed by atoms with Crippen molar-refractivity contribution in [2.75, 3.05) is 26.2 Å². The second-order valence-corrected chi connectivity index (χ2v) is 7.84. The standard InChI is InChI=1S/C21H28FN5/c1-3-23-20(27-10-7-16(14-27)17-12-25-26(2)13-17)24-15-21(8-9-21)18-5-4-6-19(22)11-18/h4-6,11-13,16H,3,7-10,14-15H2,1-2H3,(H,23,24). The molecule has 1 aliphatic heterocycles. The molecule has 0 radical (unpaired) electrons. The Balaban J connectivity index is 1.46. The number of rotatable bonds is 5. The fraction of sp³-hybridized carbons (Fsp3) is 0.524. The van der Waals surface area contributed by atoms with Gasteiger partial charge in [-0.1, -0.05) is 12.1 Å². The lowest BCUT2D eigenvalue weighted by Gasteiger charge is -2.23. The molecule has 2 fully saturated rings. The van der Waals surface area contributed by atoms with Crippen molar-refractivity contribution in [3.8, 4) is 0 Å². The molecule has 4 rings (SSSR count). The van der Waals surface area contributed by atoms with Crippen LogP contribution in [0.25, 0.3) is 0 Å². The first-order valence-electron chi connectivity index (χ1n) is 9.87. The van der Waals surface area contributed by atoms with E-state index in [1.54, 1.807) is 12.1 Å². The van der Waals surface area contributed by atoms with Crippen LogP contribution in [-0.2, 0) is 12.5 Å². The predicted molar refractivity (Wildman–Crippen MR) is 105 cm³/mol. The Morgan fingerprint density at radius 1 is 1.41 bits per heavy atom. The molecular formula is C21H28FN5. The van der Waals surface area contributed by atoms with Gasteiger partial charge in [0.05, 0.1) is 12.7 Å². The Labute approximate surface area is 160 Å². The minimum Gasteiger partial charge on any atom is -0.357 e. The topological polar surface area (TPSA) is 45.5 Å². The lowest BCUT2D eigenvalue weighted by Crippen LogP contribution is -2.40. The molecule has 2 aliphatic rings. The van der Waals surface area contributed by atoms with Gasteiger partial charge < -0.3 is 10.2 Å². The smallest absolute Gasteiger partial charge is 0.193 e. The molecule has 0 amide bonds. The fourth-order valence-corrected chi connectivity index (χ4v) is 4.04. The van der Waals surface area contributed by atoms with Gasteiger partial charge in [0.25, 0.3) is 0 Å². The summed E-state index contributed by atoms with van der Waals surface area (Å²) in [7, 11) is 1.96. The molecule has 1 unspecified atom stereocenters. The van der Waals surface area contributed by atoms with Gasteiger partial charge in [-0.3, -0.25) is 9.67 Å². The molecule has 6 heteroatoms. The van der Waals surface area contributed by atoms with Gasteiger partial charge in [-0.2, -0.15) is 5.10 Å². The summed E-state index contributed by atoms with van der Waals surface area (Å²) in [6, 6.07) is 7.02. The van der Waals surface area contributed by atoms with Crippen molar-refractivity contribution in [3.63, 3.8) is 0 Å². The second-order valence-electron chi connectivity index (χ2n) is 7.84. The van der Waals surface area contributed by atoms with Crippen molar-refractivity contribution in [2.45, 2.75) is 37.5 Å². The average molecular weight is 369 g/mol. The molecule has 0 bridgehead atoms. The van der Waals surface area contributed by atoms with E-state index in [1.165, 1.54) is 11.6 Å². The Kier molecular flexibility index (Phi) is 4.89. The Hall–Kier alpha value is -2.37. The number of aryl methyl sites for hydroxylation is 1. The van der Waals surface area contributed by atoms with E-state index in [0.29, 0.717) is 12.5 Å².